The summed E-state index contributed by atoms with van der Waals surface area (Å²) in [4.78, 5) is 11.1. The van der Waals surface area contributed by atoms with Crippen molar-refractivity contribution in [3.05, 3.63) is 27.5 Å². The number of halogens is 3. The first-order valence-electron chi connectivity index (χ1n) is 6.18. The van der Waals surface area contributed by atoms with Crippen molar-refractivity contribution in [1.29, 1.82) is 0 Å². The molecule has 0 saturated carbocycles. The molecule has 21 heavy (non-hydrogen) atoms. The number of carbonyl (C=O) groups is 1. The van der Waals surface area contributed by atoms with E-state index in [0.29, 0.717) is 6.54 Å². The third-order valence-electron chi connectivity index (χ3n) is 2.71. The lowest BCUT2D eigenvalue weighted by molar-refractivity contribution is 0.0952. The van der Waals surface area contributed by atoms with Crippen LogP contribution in [0.4, 0.5) is 4.39 Å². The topological polar surface area (TPSA) is 89.3 Å². The number of benzene rings is 1. The molecule has 0 aliphatic heterocycles. The number of nitrogens with two attached hydrogens (primary N) is 1. The maximum absolute atomic E-state index is 13.7. The van der Waals surface area contributed by atoms with E-state index in [1.165, 1.54) is 0 Å². The van der Waals surface area contributed by atoms with Crippen molar-refractivity contribution in [1.82, 2.24) is 5.32 Å². The zero-order chi connectivity index (χ0) is 16.2. The molecule has 118 valence electrons. The van der Waals surface area contributed by atoms with E-state index < -0.39 is 36.7 Å². The highest BCUT2D eigenvalue weighted by molar-refractivity contribution is 7.89. The number of hydrogen-bond donors (Lipinski definition) is 2. The molecule has 0 bridgehead atoms. The van der Waals surface area contributed by atoms with Gasteiger partial charge in [0.1, 0.15) is 10.7 Å². The van der Waals surface area contributed by atoms with E-state index >= 15 is 0 Å². The van der Waals surface area contributed by atoms with Crippen molar-refractivity contribution < 1.29 is 17.6 Å². The third-order valence-corrected chi connectivity index (χ3v) is 4.67. The molecule has 1 aromatic rings. The lowest BCUT2D eigenvalue weighted by Crippen LogP contribution is -2.26. The molecule has 1 aromatic carbocycles. The van der Waals surface area contributed by atoms with Crippen LogP contribution in [0.5, 0.6) is 0 Å². The summed E-state index contributed by atoms with van der Waals surface area (Å²) in [6, 6.07) is 0.786. The van der Waals surface area contributed by atoms with Gasteiger partial charge in [0.15, 0.2) is 0 Å². The highest BCUT2D eigenvalue weighted by atomic mass is 35.5. The van der Waals surface area contributed by atoms with Crippen LogP contribution in [0.15, 0.2) is 11.0 Å². The van der Waals surface area contributed by atoms with Crippen molar-refractivity contribution in [2.45, 2.75) is 31.1 Å². The smallest absolute Gasteiger partial charge is 0.252 e. The maximum Gasteiger partial charge on any atom is 0.252 e. The van der Waals surface area contributed by atoms with E-state index in [4.69, 9.17) is 28.3 Å². The van der Waals surface area contributed by atoms with Crippen LogP contribution in [-0.4, -0.2) is 20.9 Å². The van der Waals surface area contributed by atoms with Gasteiger partial charge in [-0.2, -0.15) is 0 Å². The number of carbonyl (C=O) groups excluding carboxylic acids is 1. The van der Waals surface area contributed by atoms with Crippen molar-refractivity contribution in [2.24, 2.45) is 5.14 Å². The fraction of sp³-hybridized carbons (Fsp3) is 0.417. The van der Waals surface area contributed by atoms with Crippen molar-refractivity contribution in [3.8, 4) is 0 Å². The van der Waals surface area contributed by atoms with E-state index in [2.05, 4.69) is 5.32 Å². The van der Waals surface area contributed by atoms with Gasteiger partial charge < -0.3 is 5.32 Å². The van der Waals surface area contributed by atoms with Crippen LogP contribution in [0.3, 0.4) is 0 Å². The van der Waals surface area contributed by atoms with Gasteiger partial charge in [-0.05, 0) is 12.5 Å². The first-order chi connectivity index (χ1) is 9.70. The number of sulfonamides is 1. The average Bonchev–Trinajstić information content (AvgIpc) is 2.37. The summed E-state index contributed by atoms with van der Waals surface area (Å²) in [6.45, 7) is 2.38. The number of rotatable bonds is 6. The fourth-order valence-corrected chi connectivity index (χ4v) is 3.45. The number of amides is 1. The van der Waals surface area contributed by atoms with Gasteiger partial charge >= 0.3 is 0 Å². The molecular weight excluding hydrogens is 342 g/mol. The predicted molar refractivity (Wildman–Crippen MR) is 79.7 cm³/mol. The summed E-state index contributed by atoms with van der Waals surface area (Å²) < 4.78 is 36.5. The first-order valence-corrected chi connectivity index (χ1v) is 8.48. The highest BCUT2D eigenvalue weighted by Gasteiger charge is 2.26. The lowest BCUT2D eigenvalue weighted by Gasteiger charge is -2.11. The Morgan fingerprint density at radius 1 is 1.33 bits per heavy atom. The zero-order valence-electron chi connectivity index (χ0n) is 11.3. The number of hydrogen-bond acceptors (Lipinski definition) is 3. The van der Waals surface area contributed by atoms with E-state index in [-0.39, 0.29) is 5.56 Å². The molecule has 0 unspecified atom stereocenters. The molecule has 0 fully saturated rings. The Bertz CT molecular complexity index is 650. The molecule has 0 spiro atoms. The summed E-state index contributed by atoms with van der Waals surface area (Å²) >= 11 is 11.4. The maximum atomic E-state index is 13.7. The largest absolute Gasteiger partial charge is 0.352 e. The van der Waals surface area contributed by atoms with Crippen LogP contribution >= 0.6 is 23.2 Å². The Hall–Kier alpha value is -0.890. The minimum Gasteiger partial charge on any atom is -0.352 e. The van der Waals surface area contributed by atoms with E-state index in [1.807, 2.05) is 6.92 Å². The van der Waals surface area contributed by atoms with Crippen LogP contribution in [0.2, 0.25) is 10.0 Å². The van der Waals surface area contributed by atoms with Gasteiger partial charge in [-0.3, -0.25) is 4.79 Å². The fourth-order valence-electron chi connectivity index (χ4n) is 1.67. The molecule has 0 aromatic heterocycles. The van der Waals surface area contributed by atoms with Gasteiger partial charge in [0.25, 0.3) is 5.91 Å². The van der Waals surface area contributed by atoms with Gasteiger partial charge in [0.05, 0.1) is 15.6 Å². The van der Waals surface area contributed by atoms with Gasteiger partial charge in [-0.15, -0.1) is 0 Å². The van der Waals surface area contributed by atoms with Crippen molar-refractivity contribution >= 4 is 39.1 Å². The minimum absolute atomic E-state index is 0.320. The molecule has 0 aliphatic carbocycles. The van der Waals surface area contributed by atoms with Crippen LogP contribution < -0.4 is 10.5 Å². The van der Waals surface area contributed by atoms with Crippen LogP contribution in [0.25, 0.3) is 0 Å². The quantitative estimate of drug-likeness (QED) is 0.606. The second-order valence-electron chi connectivity index (χ2n) is 4.37. The SMILES string of the molecule is CCCCCNC(=O)c1cc(F)c(Cl)c(S(N)(=O)=O)c1Cl. The lowest BCUT2D eigenvalue weighted by atomic mass is 10.2. The van der Waals surface area contributed by atoms with Gasteiger partial charge in [0.2, 0.25) is 10.0 Å². The summed E-state index contributed by atoms with van der Waals surface area (Å²) in [5.74, 6) is -1.76. The molecule has 3 N–H and O–H groups in total. The average molecular weight is 357 g/mol. The molecule has 0 aliphatic rings. The molecule has 0 heterocycles. The Balaban J connectivity index is 3.15. The molecule has 0 saturated heterocycles. The van der Waals surface area contributed by atoms with E-state index in [1.54, 1.807) is 0 Å². The third kappa shape index (κ3) is 4.54. The Morgan fingerprint density at radius 2 is 1.95 bits per heavy atom. The number of unbranched alkanes of at least 4 members (excludes halogenated alkanes) is 2. The molecule has 1 amide bonds. The summed E-state index contributed by atoms with van der Waals surface area (Å²) in [6.07, 6.45) is 2.64. The van der Waals surface area contributed by atoms with Gasteiger partial charge in [-0.25, -0.2) is 17.9 Å². The summed E-state index contributed by atoms with van der Waals surface area (Å²) in [7, 11) is -4.36. The van der Waals surface area contributed by atoms with Crippen LogP contribution in [0, 0.1) is 5.82 Å². The molecule has 5 nitrogen and oxygen atoms in total. The van der Waals surface area contributed by atoms with E-state index in [0.717, 1.165) is 25.3 Å². The first kappa shape index (κ1) is 18.2. The van der Waals surface area contributed by atoms with Gasteiger partial charge in [-0.1, -0.05) is 43.0 Å². The normalized spacial score (nSPS) is 11.5. The molecule has 1 rings (SSSR count). The Labute approximate surface area is 132 Å². The van der Waals surface area contributed by atoms with Crippen LogP contribution in [0.1, 0.15) is 36.5 Å². The molecule has 0 radical (unpaired) electrons. The van der Waals surface area contributed by atoms with Gasteiger partial charge in [0, 0.05) is 6.54 Å². The second kappa shape index (κ2) is 7.40. The summed E-state index contributed by atoms with van der Waals surface area (Å²) in [5.41, 5.74) is -0.320. The molecular formula is C12H15Cl2FN2O3S. The Morgan fingerprint density at radius 3 is 2.48 bits per heavy atom. The number of nitrogens with one attached hydrogen (secondary N) is 1. The molecule has 9 heteroatoms. The molecule has 0 atom stereocenters. The zero-order valence-corrected chi connectivity index (χ0v) is 13.6. The standard InChI is InChI=1S/C12H15Cl2FN2O3S/c1-2-3-4-5-17-12(18)7-6-8(15)10(14)11(9(7)13)21(16,19)20/h6H,2-5H2,1H3,(H,17,18)(H2,16,19,20). The summed E-state index contributed by atoms with van der Waals surface area (Å²) in [5, 5.41) is 6.25. The van der Waals surface area contributed by atoms with E-state index in [9.17, 15) is 17.6 Å². The second-order valence-corrected chi connectivity index (χ2v) is 6.63. The minimum atomic E-state index is -4.36. The predicted octanol–water partition coefficient (Wildman–Crippen LogP) is 2.70. The monoisotopic (exact) mass is 356 g/mol. The van der Waals surface area contributed by atoms with Crippen LogP contribution in [-0.2, 0) is 10.0 Å². The Kier molecular flexibility index (Phi) is 6.40. The highest BCUT2D eigenvalue weighted by Crippen LogP contribution is 2.33. The van der Waals surface area contributed by atoms with Crippen molar-refractivity contribution in [3.63, 3.8) is 0 Å². The number of primary sulfonamides is 1. The van der Waals surface area contributed by atoms with Crippen molar-refractivity contribution in [2.75, 3.05) is 6.54 Å².